The summed E-state index contributed by atoms with van der Waals surface area (Å²) in [4.78, 5) is 12.0. The third kappa shape index (κ3) is 4.48. The predicted molar refractivity (Wildman–Crippen MR) is 111 cm³/mol. The lowest BCUT2D eigenvalue weighted by Crippen LogP contribution is -2.16. The van der Waals surface area contributed by atoms with E-state index in [1.165, 1.54) is 30.0 Å². The van der Waals surface area contributed by atoms with E-state index in [9.17, 15) is 4.79 Å². The second-order valence-electron chi connectivity index (χ2n) is 6.69. The maximum Gasteiger partial charge on any atom is 0.240 e. The number of benzene rings is 3. The van der Waals surface area contributed by atoms with Crippen LogP contribution in [0.25, 0.3) is 21.5 Å². The van der Waals surface area contributed by atoms with Gasteiger partial charge in [0, 0.05) is 12.0 Å². The van der Waals surface area contributed by atoms with Crippen molar-refractivity contribution in [1.29, 1.82) is 0 Å². The Kier molecular flexibility index (Phi) is 6.37. The summed E-state index contributed by atoms with van der Waals surface area (Å²) in [7, 11) is 0. The zero-order chi connectivity index (χ0) is 18.2. The molecule has 3 heteroatoms. The third-order valence-corrected chi connectivity index (χ3v) is 4.70. The predicted octanol–water partition coefficient (Wildman–Crippen LogP) is 5.80. The molecule has 0 heterocycles. The van der Waals surface area contributed by atoms with Crippen molar-refractivity contribution in [1.82, 2.24) is 5.43 Å². The van der Waals surface area contributed by atoms with Crippen LogP contribution in [-0.2, 0) is 4.79 Å². The summed E-state index contributed by atoms with van der Waals surface area (Å²) in [5, 5.41) is 8.87. The summed E-state index contributed by atoms with van der Waals surface area (Å²) >= 11 is 0. The second-order valence-corrected chi connectivity index (χ2v) is 6.69. The Morgan fingerprint density at radius 2 is 1.54 bits per heavy atom. The highest BCUT2D eigenvalue weighted by molar-refractivity contribution is 6.13. The minimum absolute atomic E-state index is 0.0118. The molecule has 26 heavy (non-hydrogen) atoms. The molecule has 0 saturated heterocycles. The third-order valence-electron chi connectivity index (χ3n) is 4.70. The van der Waals surface area contributed by atoms with E-state index in [1.54, 1.807) is 6.21 Å². The smallest absolute Gasteiger partial charge is 0.240 e. The van der Waals surface area contributed by atoms with E-state index >= 15 is 0 Å². The van der Waals surface area contributed by atoms with Gasteiger partial charge < -0.3 is 0 Å². The van der Waals surface area contributed by atoms with Gasteiger partial charge in [0.15, 0.2) is 0 Å². The number of amides is 1. The van der Waals surface area contributed by atoms with Crippen LogP contribution >= 0.6 is 0 Å². The van der Waals surface area contributed by atoms with Gasteiger partial charge >= 0.3 is 0 Å². The monoisotopic (exact) mass is 346 g/mol. The molecule has 1 N–H and O–H groups in total. The first-order valence-electron chi connectivity index (χ1n) is 9.52. The van der Waals surface area contributed by atoms with Crippen molar-refractivity contribution < 1.29 is 4.79 Å². The molecular formula is C23H26N2O. The van der Waals surface area contributed by atoms with Gasteiger partial charge in [0.05, 0.1) is 6.21 Å². The lowest BCUT2D eigenvalue weighted by Gasteiger charge is -2.08. The van der Waals surface area contributed by atoms with Crippen LogP contribution in [0, 0.1) is 0 Å². The number of carbonyl (C=O) groups is 1. The maximum atomic E-state index is 12.0. The van der Waals surface area contributed by atoms with Crippen LogP contribution < -0.4 is 5.43 Å². The van der Waals surface area contributed by atoms with Crippen molar-refractivity contribution in [2.45, 2.75) is 45.4 Å². The van der Waals surface area contributed by atoms with Crippen molar-refractivity contribution in [3.63, 3.8) is 0 Å². The van der Waals surface area contributed by atoms with E-state index in [0.29, 0.717) is 6.42 Å². The Hall–Kier alpha value is -2.68. The van der Waals surface area contributed by atoms with Crippen LogP contribution in [-0.4, -0.2) is 12.1 Å². The van der Waals surface area contributed by atoms with Crippen LogP contribution in [0.1, 0.15) is 51.0 Å². The largest absolute Gasteiger partial charge is 0.273 e. The van der Waals surface area contributed by atoms with Crippen LogP contribution in [0.15, 0.2) is 59.7 Å². The number of carbonyl (C=O) groups excluding carboxylic acids is 1. The molecular weight excluding hydrogens is 320 g/mol. The summed E-state index contributed by atoms with van der Waals surface area (Å²) < 4.78 is 0. The van der Waals surface area contributed by atoms with Crippen molar-refractivity contribution in [3.05, 3.63) is 60.2 Å². The van der Waals surface area contributed by atoms with E-state index in [-0.39, 0.29) is 5.91 Å². The molecule has 0 aliphatic rings. The highest BCUT2D eigenvalue weighted by Crippen LogP contribution is 2.27. The van der Waals surface area contributed by atoms with Gasteiger partial charge in [-0.1, -0.05) is 81.1 Å². The van der Waals surface area contributed by atoms with E-state index in [1.807, 2.05) is 24.3 Å². The normalized spacial score (nSPS) is 11.4. The van der Waals surface area contributed by atoms with Crippen LogP contribution in [0.4, 0.5) is 0 Å². The molecule has 0 unspecified atom stereocenters. The minimum Gasteiger partial charge on any atom is -0.273 e. The number of fused-ring (bicyclic) bond motifs is 2. The number of hydrogen-bond acceptors (Lipinski definition) is 2. The Bertz CT molecular complexity index is 860. The van der Waals surface area contributed by atoms with Crippen LogP contribution in [0.5, 0.6) is 0 Å². The summed E-state index contributed by atoms with van der Waals surface area (Å²) in [5.74, 6) is -0.0118. The molecule has 0 saturated carbocycles. The molecule has 0 fully saturated rings. The number of hydrogen-bond donors (Lipinski definition) is 1. The number of unbranched alkanes of at least 4 members (excludes halogenated alkanes) is 4. The van der Waals surface area contributed by atoms with Gasteiger partial charge in [-0.05, 0) is 34.0 Å². The Balaban J connectivity index is 1.73. The van der Waals surface area contributed by atoms with Crippen molar-refractivity contribution in [2.75, 3.05) is 0 Å². The van der Waals surface area contributed by atoms with Crippen molar-refractivity contribution >= 4 is 33.7 Å². The quantitative estimate of drug-likeness (QED) is 0.238. The average molecular weight is 346 g/mol. The van der Waals surface area contributed by atoms with Gasteiger partial charge in [-0.25, -0.2) is 5.43 Å². The highest BCUT2D eigenvalue weighted by Gasteiger charge is 2.05. The van der Waals surface area contributed by atoms with Gasteiger partial charge in [0.1, 0.15) is 0 Å². The van der Waals surface area contributed by atoms with Crippen LogP contribution in [0.3, 0.4) is 0 Å². The van der Waals surface area contributed by atoms with Gasteiger partial charge in [-0.2, -0.15) is 5.10 Å². The Morgan fingerprint density at radius 1 is 0.923 bits per heavy atom. The summed E-state index contributed by atoms with van der Waals surface area (Å²) in [6, 6.07) is 18.7. The van der Waals surface area contributed by atoms with E-state index < -0.39 is 0 Å². The molecule has 0 atom stereocenters. The van der Waals surface area contributed by atoms with E-state index in [4.69, 9.17) is 0 Å². The first-order chi connectivity index (χ1) is 12.8. The molecule has 3 nitrogen and oxygen atoms in total. The molecule has 0 aliphatic heterocycles. The maximum absolute atomic E-state index is 12.0. The molecule has 0 aromatic heterocycles. The van der Waals surface area contributed by atoms with Gasteiger partial charge in [-0.3, -0.25) is 4.79 Å². The fraction of sp³-hybridized carbons (Fsp3) is 0.304. The minimum atomic E-state index is -0.0118. The number of rotatable bonds is 8. The second kappa shape index (κ2) is 9.14. The zero-order valence-electron chi connectivity index (χ0n) is 15.4. The van der Waals surface area contributed by atoms with Crippen molar-refractivity contribution in [2.24, 2.45) is 5.10 Å². The molecule has 3 aromatic carbocycles. The lowest BCUT2D eigenvalue weighted by molar-refractivity contribution is -0.121. The molecule has 1 amide bonds. The molecule has 0 radical (unpaired) electrons. The summed E-state index contributed by atoms with van der Waals surface area (Å²) in [6.45, 7) is 2.19. The Labute approximate surface area is 155 Å². The van der Waals surface area contributed by atoms with Gasteiger partial charge in [0.25, 0.3) is 0 Å². The SMILES string of the molecule is CCCCCCCC(=O)N/N=C/c1c2ccccc2cc2ccccc12. The fourth-order valence-corrected chi connectivity index (χ4v) is 3.30. The molecule has 0 aliphatic carbocycles. The first-order valence-corrected chi connectivity index (χ1v) is 9.52. The molecule has 0 bridgehead atoms. The number of nitrogens with zero attached hydrogens (tertiary/aromatic N) is 1. The average Bonchev–Trinajstić information content (AvgIpc) is 2.67. The standard InChI is InChI=1S/C23H26N2O/c1-2-3-4-5-6-15-23(26)25-24-17-22-20-13-9-7-11-18(20)16-19-12-8-10-14-21(19)22/h7-14,16-17H,2-6,15H2,1H3,(H,25,26)/b24-17+. The number of hydrazone groups is 1. The van der Waals surface area contributed by atoms with Gasteiger partial charge in [-0.15, -0.1) is 0 Å². The fourth-order valence-electron chi connectivity index (χ4n) is 3.30. The summed E-state index contributed by atoms with van der Waals surface area (Å²) in [6.07, 6.45) is 8.02. The van der Waals surface area contributed by atoms with Crippen LogP contribution in [0.2, 0.25) is 0 Å². The number of nitrogens with one attached hydrogen (secondary N) is 1. The molecule has 0 spiro atoms. The molecule has 3 aromatic rings. The van der Waals surface area contributed by atoms with E-state index in [2.05, 4.69) is 47.8 Å². The topological polar surface area (TPSA) is 41.5 Å². The highest BCUT2D eigenvalue weighted by atomic mass is 16.2. The van der Waals surface area contributed by atoms with Gasteiger partial charge in [0.2, 0.25) is 5.91 Å². The van der Waals surface area contributed by atoms with Crippen molar-refractivity contribution in [3.8, 4) is 0 Å². The molecule has 3 rings (SSSR count). The summed E-state index contributed by atoms with van der Waals surface area (Å²) in [5.41, 5.74) is 3.73. The lowest BCUT2D eigenvalue weighted by atomic mass is 9.97. The molecule has 134 valence electrons. The Morgan fingerprint density at radius 3 is 2.19 bits per heavy atom. The first kappa shape index (κ1) is 18.1. The van der Waals surface area contributed by atoms with E-state index in [0.717, 1.165) is 29.2 Å². The zero-order valence-corrected chi connectivity index (χ0v) is 15.4.